The lowest BCUT2D eigenvalue weighted by molar-refractivity contribution is 0.0471. The van der Waals surface area contributed by atoms with Gasteiger partial charge in [-0.25, -0.2) is 9.59 Å². The van der Waals surface area contributed by atoms with Gasteiger partial charge in [0.1, 0.15) is 51.1 Å². The summed E-state index contributed by atoms with van der Waals surface area (Å²) < 4.78 is 51.9. The zero-order valence-corrected chi connectivity index (χ0v) is 35.5. The zero-order valence-electron chi connectivity index (χ0n) is 35.5. The van der Waals surface area contributed by atoms with Crippen LogP contribution in [0.1, 0.15) is 119 Å². The third-order valence-electron chi connectivity index (χ3n) is 12.3. The maximum absolute atomic E-state index is 13.6. The van der Waals surface area contributed by atoms with Crippen molar-refractivity contribution < 1.29 is 47.5 Å². The molecule has 15 rings (SSSR count). The first kappa shape index (κ1) is 39.7. The van der Waals surface area contributed by atoms with Crippen LogP contribution >= 0.6 is 0 Å². The summed E-state index contributed by atoms with van der Waals surface area (Å²) >= 11 is 0. The van der Waals surface area contributed by atoms with E-state index in [0.29, 0.717) is 58.8 Å². The molecule has 0 aromatic heterocycles. The van der Waals surface area contributed by atoms with Crippen LogP contribution < -0.4 is 28.4 Å². The van der Waals surface area contributed by atoms with Gasteiger partial charge in [-0.2, -0.15) is 0 Å². The van der Waals surface area contributed by atoms with Gasteiger partial charge in [0.2, 0.25) is 0 Å². The topological polar surface area (TPSA) is 108 Å². The van der Waals surface area contributed by atoms with Gasteiger partial charge in [-0.05, 0) is 111 Å². The highest BCUT2D eigenvalue weighted by atomic mass is 16.5. The molecule has 18 bridgehead atoms. The van der Waals surface area contributed by atoms with E-state index >= 15 is 0 Å². The number of hydrogen-bond donors (Lipinski definition) is 0. The molecule has 9 aliphatic heterocycles. The minimum atomic E-state index is -0.455. The van der Waals surface area contributed by atoms with Gasteiger partial charge in [0.25, 0.3) is 0 Å². The highest BCUT2D eigenvalue weighted by Gasteiger charge is 2.31. The Morgan fingerprint density at radius 1 is 0.387 bits per heavy atom. The molecule has 0 N–H and O–H groups in total. The van der Waals surface area contributed by atoms with E-state index in [-0.39, 0.29) is 45.1 Å². The quantitative estimate of drug-likeness (QED) is 0.137. The van der Waals surface area contributed by atoms with E-state index in [1.807, 2.05) is 66.7 Å². The van der Waals surface area contributed by atoms with E-state index in [9.17, 15) is 9.59 Å². The van der Waals surface area contributed by atoms with Crippen molar-refractivity contribution in [1.29, 1.82) is 0 Å². The molecule has 9 heterocycles. The Morgan fingerprint density at radius 2 is 0.774 bits per heavy atom. The van der Waals surface area contributed by atoms with Crippen LogP contribution in [0, 0.1) is 0 Å². The van der Waals surface area contributed by atoms with Crippen molar-refractivity contribution in [3.63, 3.8) is 0 Å². The number of rotatable bonds is 0. The molecular weight excluding hydrogens is 785 g/mol. The zero-order chi connectivity index (χ0) is 42.4. The molecule has 10 nitrogen and oxygen atoms in total. The first-order valence-corrected chi connectivity index (χ1v) is 21.7. The SMILES string of the molecule is CC(C)(C)c1cc2cc(c1)COC(=O)c1ccc3cc4c(cc3c1)OCc1c(c3c5c(c1OCCCCCCCCO3)COc1cc3ccc(cc3cc1OC5)C(=O)OC2)CO4. The molecule has 0 unspecified atom stereocenters. The van der Waals surface area contributed by atoms with Crippen molar-refractivity contribution >= 4 is 33.5 Å². The molecule has 0 radical (unpaired) electrons. The van der Waals surface area contributed by atoms with Crippen molar-refractivity contribution in [1.82, 2.24) is 0 Å². The first-order valence-electron chi connectivity index (χ1n) is 21.7. The molecule has 10 heteroatoms. The third-order valence-corrected chi connectivity index (χ3v) is 12.3. The van der Waals surface area contributed by atoms with Crippen LogP contribution in [0.15, 0.2) is 78.9 Å². The van der Waals surface area contributed by atoms with E-state index < -0.39 is 11.9 Å². The summed E-state index contributed by atoms with van der Waals surface area (Å²) in [4.78, 5) is 27.3. The van der Waals surface area contributed by atoms with Crippen molar-refractivity contribution in [3.8, 4) is 34.5 Å². The smallest absolute Gasteiger partial charge is 0.338 e. The fourth-order valence-corrected chi connectivity index (χ4v) is 8.77. The summed E-state index contributed by atoms with van der Waals surface area (Å²) in [5.41, 5.74) is 6.63. The molecule has 9 aliphatic rings. The number of carbonyl (C=O) groups excluding carboxylic acids is 2. The number of esters is 2. The molecule has 0 saturated heterocycles. The Hall–Kier alpha value is -6.42. The second-order valence-electron chi connectivity index (χ2n) is 17.7. The summed E-state index contributed by atoms with van der Waals surface area (Å²) in [6.07, 6.45) is 6.28. The van der Waals surface area contributed by atoms with Gasteiger partial charge in [-0.15, -0.1) is 0 Å². The number of fused-ring (bicyclic) bond motifs is 2. The number of hydrogen-bond acceptors (Lipinski definition) is 10. The molecule has 0 aliphatic carbocycles. The van der Waals surface area contributed by atoms with E-state index in [1.165, 1.54) is 0 Å². The van der Waals surface area contributed by atoms with Gasteiger partial charge < -0.3 is 37.9 Å². The van der Waals surface area contributed by atoms with E-state index in [4.69, 9.17) is 37.9 Å². The van der Waals surface area contributed by atoms with Gasteiger partial charge in [0, 0.05) is 22.3 Å². The Balaban J connectivity index is 1.10. The van der Waals surface area contributed by atoms with Crippen LogP contribution in [0.4, 0.5) is 0 Å². The van der Waals surface area contributed by atoms with E-state index in [1.54, 1.807) is 12.1 Å². The number of carbonyl (C=O) groups is 2. The molecule has 0 spiro atoms. The van der Waals surface area contributed by atoms with Crippen LogP contribution in [0.5, 0.6) is 34.5 Å². The molecule has 6 aromatic carbocycles. The largest absolute Gasteiger partial charge is 0.493 e. The minimum absolute atomic E-state index is 0.0445. The maximum atomic E-state index is 13.6. The average molecular weight is 835 g/mol. The molecule has 6 aromatic rings. The monoisotopic (exact) mass is 834 g/mol. The van der Waals surface area contributed by atoms with Crippen molar-refractivity contribution in [2.45, 2.75) is 104 Å². The summed E-state index contributed by atoms with van der Waals surface area (Å²) in [7, 11) is 0. The molecule has 318 valence electrons. The van der Waals surface area contributed by atoms with Crippen molar-refractivity contribution in [2.75, 3.05) is 13.2 Å². The van der Waals surface area contributed by atoms with Gasteiger partial charge >= 0.3 is 11.9 Å². The predicted molar refractivity (Wildman–Crippen MR) is 234 cm³/mol. The van der Waals surface area contributed by atoms with Gasteiger partial charge in [0.05, 0.1) is 24.3 Å². The summed E-state index contributed by atoms with van der Waals surface area (Å²) in [6, 6.07) is 24.7. The highest BCUT2D eigenvalue weighted by molar-refractivity contribution is 5.97. The van der Waals surface area contributed by atoms with Crippen LogP contribution in [-0.2, 0) is 54.5 Å². The lowest BCUT2D eigenvalue weighted by atomic mass is 9.85. The second kappa shape index (κ2) is 16.5. The molecule has 0 amide bonds. The van der Waals surface area contributed by atoms with E-state index in [2.05, 4.69) is 20.8 Å². The molecule has 62 heavy (non-hydrogen) atoms. The normalized spacial score (nSPS) is 16.8. The van der Waals surface area contributed by atoms with Crippen LogP contribution in [0.3, 0.4) is 0 Å². The standard InChI is InChI=1S/C52H50O10/c1-52(2,3)39-17-31-16-32(18-39)26-62-51(54)36-12-10-33-21-44-47(24-38(33)20-36)60-30-43-40(27-57-44)48-42-29-59-46-23-37-19-35(50(53)61-25-31)13-11-34(37)22-45(46)58-28-41(42)49(43)56-15-9-7-5-4-6-8-14-55-48/h10-13,16-24H,4-9,14-15,25-30H2,1-3H3. The first-order chi connectivity index (χ1) is 30.1. The van der Waals surface area contributed by atoms with E-state index in [0.717, 1.165) is 99.0 Å². The predicted octanol–water partition coefficient (Wildman–Crippen LogP) is 11.4. The van der Waals surface area contributed by atoms with Crippen LogP contribution in [0.25, 0.3) is 21.5 Å². The van der Waals surface area contributed by atoms with Crippen LogP contribution in [-0.4, -0.2) is 25.2 Å². The van der Waals surface area contributed by atoms with Gasteiger partial charge in [-0.1, -0.05) is 70.7 Å². The fraction of sp³-hybridized carbons (Fsp3) is 0.346. The van der Waals surface area contributed by atoms with Crippen molar-refractivity contribution in [2.24, 2.45) is 0 Å². The molecule has 0 saturated carbocycles. The summed E-state index contributed by atoms with van der Waals surface area (Å²) in [6.45, 7) is 8.32. The average Bonchev–Trinajstić information content (AvgIpc) is 3.25. The Kier molecular flexibility index (Phi) is 10.5. The Bertz CT molecular complexity index is 2570. The maximum Gasteiger partial charge on any atom is 0.338 e. The Labute approximate surface area is 360 Å². The second-order valence-corrected chi connectivity index (χ2v) is 17.7. The summed E-state index contributed by atoms with van der Waals surface area (Å²) in [5.74, 6) is 2.76. The fourth-order valence-electron chi connectivity index (χ4n) is 8.77. The van der Waals surface area contributed by atoms with Crippen LogP contribution in [0.2, 0.25) is 0 Å². The minimum Gasteiger partial charge on any atom is -0.493 e. The van der Waals surface area contributed by atoms with Gasteiger partial charge in [-0.3, -0.25) is 0 Å². The highest BCUT2D eigenvalue weighted by Crippen LogP contribution is 2.47. The lowest BCUT2D eigenvalue weighted by Gasteiger charge is -2.30. The molecule has 0 atom stereocenters. The summed E-state index contributed by atoms with van der Waals surface area (Å²) in [5, 5.41) is 3.38. The van der Waals surface area contributed by atoms with Gasteiger partial charge in [0.15, 0.2) is 23.0 Å². The third kappa shape index (κ3) is 7.94. The Morgan fingerprint density at radius 3 is 1.18 bits per heavy atom. The molecular formula is C52H50O10. The number of ether oxygens (including phenoxy) is 8. The molecule has 0 fully saturated rings. The lowest BCUT2D eigenvalue weighted by Crippen LogP contribution is -2.20. The number of benzene rings is 6. The van der Waals surface area contributed by atoms with Crippen molar-refractivity contribution in [3.05, 3.63) is 129 Å².